The molecule has 5 nitrogen and oxygen atoms in total. The summed E-state index contributed by atoms with van der Waals surface area (Å²) in [5, 5.41) is 3.39. The van der Waals surface area contributed by atoms with Crippen molar-refractivity contribution in [2.75, 3.05) is 28.2 Å². The molecule has 146 valence electrons. The number of aryl methyl sites for hydroxylation is 1. The largest absolute Gasteiger partial charge is 0.368 e. The average molecular weight is 383 g/mol. The Morgan fingerprint density at radius 1 is 1.07 bits per heavy atom. The first-order chi connectivity index (χ1) is 14.2. The molecule has 0 radical (unpaired) electrons. The van der Waals surface area contributed by atoms with Crippen molar-refractivity contribution in [2.24, 2.45) is 0 Å². The first-order valence-electron chi connectivity index (χ1n) is 10.2. The zero-order valence-corrected chi connectivity index (χ0v) is 16.7. The molecule has 29 heavy (non-hydrogen) atoms. The highest BCUT2D eigenvalue weighted by Crippen LogP contribution is 2.40. The van der Waals surface area contributed by atoms with Crippen molar-refractivity contribution in [1.82, 2.24) is 9.97 Å². The van der Waals surface area contributed by atoms with Crippen LogP contribution in [0.25, 0.3) is 11.3 Å². The fourth-order valence-corrected chi connectivity index (χ4v) is 4.36. The summed E-state index contributed by atoms with van der Waals surface area (Å²) in [5.74, 6) is 2.61. The molecule has 3 aliphatic rings. The van der Waals surface area contributed by atoms with E-state index in [1.54, 1.807) is 6.20 Å². The Balaban J connectivity index is 1.57. The van der Waals surface area contributed by atoms with E-state index < -0.39 is 0 Å². The highest BCUT2D eigenvalue weighted by molar-refractivity contribution is 5.76. The number of hydrogen-bond donors (Lipinski definition) is 1. The molecule has 1 fully saturated rings. The second-order valence-electron chi connectivity index (χ2n) is 7.78. The van der Waals surface area contributed by atoms with Gasteiger partial charge >= 0.3 is 0 Å². The predicted octanol–water partition coefficient (Wildman–Crippen LogP) is 4.82. The van der Waals surface area contributed by atoms with Crippen molar-refractivity contribution in [3.8, 4) is 11.3 Å². The van der Waals surface area contributed by atoms with E-state index in [0.29, 0.717) is 6.04 Å². The predicted molar refractivity (Wildman–Crippen MR) is 119 cm³/mol. The number of hydrogen-bond acceptors (Lipinski definition) is 5. The molecule has 2 bridgehead atoms. The van der Waals surface area contributed by atoms with Crippen LogP contribution in [0.3, 0.4) is 0 Å². The Kier molecular flexibility index (Phi) is 4.43. The third kappa shape index (κ3) is 3.33. The van der Waals surface area contributed by atoms with Gasteiger partial charge in [0.2, 0.25) is 0 Å². The lowest BCUT2D eigenvalue weighted by molar-refractivity contribution is 0.500. The molecular formula is C24H25N5. The van der Waals surface area contributed by atoms with Gasteiger partial charge in [-0.2, -0.15) is 0 Å². The van der Waals surface area contributed by atoms with Gasteiger partial charge in [0.05, 0.1) is 11.4 Å². The van der Waals surface area contributed by atoms with Crippen LogP contribution in [-0.4, -0.2) is 29.1 Å². The maximum Gasteiger partial charge on any atom is 0.158 e. The van der Waals surface area contributed by atoms with E-state index in [1.807, 2.05) is 18.2 Å². The van der Waals surface area contributed by atoms with Crippen LogP contribution >= 0.6 is 0 Å². The van der Waals surface area contributed by atoms with Gasteiger partial charge in [-0.3, -0.25) is 0 Å². The molecule has 6 rings (SSSR count). The number of fused-ring (bicyclic) bond motifs is 2. The quantitative estimate of drug-likeness (QED) is 0.699. The van der Waals surface area contributed by atoms with Crippen molar-refractivity contribution in [1.29, 1.82) is 0 Å². The van der Waals surface area contributed by atoms with Crippen molar-refractivity contribution in [2.45, 2.75) is 25.8 Å². The summed E-state index contributed by atoms with van der Waals surface area (Å²) in [5.41, 5.74) is 4.56. The summed E-state index contributed by atoms with van der Waals surface area (Å²) >= 11 is 0. The number of nitrogens with zero attached hydrogens (tertiary/aromatic N) is 4. The highest BCUT2D eigenvalue weighted by Gasteiger charge is 2.35. The van der Waals surface area contributed by atoms with Crippen molar-refractivity contribution >= 4 is 17.3 Å². The molecule has 0 saturated carbocycles. The standard InChI is InChI=1S/C24H25N5/c1-17-6-5-7-19(16-17)21-9-10-22-24(27-21)29(20-11-14-28(22)15-12-20)18(2)26-23-8-3-4-13-25-23/h3-10,13,16,20H,2,11-12,14-15H2,1H3,(H,25,26). The van der Waals surface area contributed by atoms with Crippen LogP contribution in [0.4, 0.5) is 17.3 Å². The van der Waals surface area contributed by atoms with E-state index >= 15 is 0 Å². The third-order valence-electron chi connectivity index (χ3n) is 5.79. The lowest BCUT2D eigenvalue weighted by Gasteiger charge is -2.34. The Bertz CT molecular complexity index is 1040. The van der Waals surface area contributed by atoms with Gasteiger partial charge in [-0.1, -0.05) is 36.4 Å². The summed E-state index contributed by atoms with van der Waals surface area (Å²) in [6.07, 6.45) is 3.98. The zero-order chi connectivity index (χ0) is 19.8. The maximum atomic E-state index is 5.13. The van der Waals surface area contributed by atoms with Gasteiger partial charge in [0.1, 0.15) is 11.6 Å². The molecule has 1 saturated heterocycles. The molecule has 5 heterocycles. The molecular weight excluding hydrogens is 358 g/mol. The zero-order valence-electron chi connectivity index (χ0n) is 16.7. The summed E-state index contributed by atoms with van der Waals surface area (Å²) in [4.78, 5) is 14.3. The van der Waals surface area contributed by atoms with E-state index in [-0.39, 0.29) is 0 Å². The third-order valence-corrected chi connectivity index (χ3v) is 5.79. The van der Waals surface area contributed by atoms with Gasteiger partial charge in [-0.05, 0) is 50.1 Å². The first kappa shape index (κ1) is 17.7. The van der Waals surface area contributed by atoms with E-state index in [4.69, 9.17) is 4.98 Å². The normalized spacial score (nSPS) is 15.8. The van der Waals surface area contributed by atoms with Crippen LogP contribution < -0.4 is 15.1 Å². The molecule has 0 aliphatic carbocycles. The fourth-order valence-electron chi connectivity index (χ4n) is 4.36. The van der Waals surface area contributed by atoms with Gasteiger partial charge < -0.3 is 15.1 Å². The van der Waals surface area contributed by atoms with Gasteiger partial charge in [-0.25, -0.2) is 9.97 Å². The van der Waals surface area contributed by atoms with E-state index in [1.165, 1.54) is 11.3 Å². The van der Waals surface area contributed by atoms with Crippen LogP contribution in [0.5, 0.6) is 0 Å². The van der Waals surface area contributed by atoms with Crippen LogP contribution in [-0.2, 0) is 0 Å². The lowest BCUT2D eigenvalue weighted by Crippen LogP contribution is -2.41. The SMILES string of the molecule is C=C(Nc1ccccn1)N1c2nc(-c3cccc(C)c3)ccc2N2CCC1CC2. The molecule has 0 unspecified atom stereocenters. The van der Waals surface area contributed by atoms with Crippen molar-refractivity contribution in [3.05, 3.63) is 78.8 Å². The summed E-state index contributed by atoms with van der Waals surface area (Å²) in [6, 6.07) is 19.1. The summed E-state index contributed by atoms with van der Waals surface area (Å²) in [7, 11) is 0. The van der Waals surface area contributed by atoms with Gasteiger partial charge in [0.25, 0.3) is 0 Å². The monoisotopic (exact) mass is 383 g/mol. The number of nitrogens with one attached hydrogen (secondary N) is 1. The first-order valence-corrected chi connectivity index (χ1v) is 10.2. The van der Waals surface area contributed by atoms with E-state index in [9.17, 15) is 0 Å². The Morgan fingerprint density at radius 2 is 1.93 bits per heavy atom. The van der Waals surface area contributed by atoms with Gasteiger partial charge in [0.15, 0.2) is 5.82 Å². The molecule has 1 aromatic carbocycles. The van der Waals surface area contributed by atoms with Crippen molar-refractivity contribution in [3.63, 3.8) is 0 Å². The van der Waals surface area contributed by atoms with Crippen LogP contribution in [0.15, 0.2) is 73.2 Å². The van der Waals surface area contributed by atoms with Crippen LogP contribution in [0.2, 0.25) is 0 Å². The molecule has 0 spiro atoms. The molecule has 5 heteroatoms. The number of anilines is 3. The lowest BCUT2D eigenvalue weighted by atomic mass is 10.1. The van der Waals surface area contributed by atoms with Gasteiger partial charge in [0, 0.05) is 30.9 Å². The molecule has 0 amide bonds. The Morgan fingerprint density at radius 3 is 2.69 bits per heavy atom. The molecule has 3 aromatic rings. The molecule has 3 aliphatic heterocycles. The summed E-state index contributed by atoms with van der Waals surface area (Å²) < 4.78 is 0. The second-order valence-corrected chi connectivity index (χ2v) is 7.78. The molecule has 1 N–H and O–H groups in total. The number of rotatable bonds is 4. The van der Waals surface area contributed by atoms with E-state index in [2.05, 4.69) is 70.0 Å². The smallest absolute Gasteiger partial charge is 0.158 e. The second kappa shape index (κ2) is 7.24. The Hall–Kier alpha value is -3.34. The molecule has 0 atom stereocenters. The minimum atomic E-state index is 0.386. The van der Waals surface area contributed by atoms with Crippen molar-refractivity contribution < 1.29 is 0 Å². The number of piperidine rings is 1. The number of benzene rings is 1. The van der Waals surface area contributed by atoms with E-state index in [0.717, 1.165) is 54.6 Å². The average Bonchev–Trinajstić information content (AvgIpc) is 3.00. The highest BCUT2D eigenvalue weighted by atomic mass is 15.4. The summed E-state index contributed by atoms with van der Waals surface area (Å²) in [6.45, 7) is 8.58. The number of pyridine rings is 2. The van der Waals surface area contributed by atoms with Gasteiger partial charge in [-0.15, -0.1) is 0 Å². The minimum Gasteiger partial charge on any atom is -0.368 e. The maximum absolute atomic E-state index is 5.13. The van der Waals surface area contributed by atoms with Crippen LogP contribution in [0, 0.1) is 6.92 Å². The topological polar surface area (TPSA) is 44.3 Å². The number of aromatic nitrogens is 2. The Labute approximate surface area is 171 Å². The fraction of sp³-hybridized carbons (Fsp3) is 0.250. The molecule has 2 aromatic heterocycles. The van der Waals surface area contributed by atoms with Crippen LogP contribution in [0.1, 0.15) is 18.4 Å². The minimum absolute atomic E-state index is 0.386.